The lowest BCUT2D eigenvalue weighted by Gasteiger charge is -2.23. The van der Waals surface area contributed by atoms with Crippen molar-refractivity contribution in [1.29, 1.82) is 0 Å². The van der Waals surface area contributed by atoms with Gasteiger partial charge in [-0.05, 0) is 18.8 Å². The van der Waals surface area contributed by atoms with Gasteiger partial charge in [0.15, 0.2) is 0 Å². The molecule has 0 aromatic heterocycles. The Kier molecular flexibility index (Phi) is 7.29. The highest BCUT2D eigenvalue weighted by molar-refractivity contribution is 4.70. The largest absolute Gasteiger partial charge is 0.396 e. The van der Waals surface area contributed by atoms with Crippen LogP contribution >= 0.6 is 0 Å². The van der Waals surface area contributed by atoms with Crippen LogP contribution in [-0.2, 0) is 0 Å². The predicted molar refractivity (Wildman–Crippen MR) is 57.8 cm³/mol. The second-order valence-electron chi connectivity index (χ2n) is 4.06. The number of hydrogen-bond acceptors (Lipinski definition) is 2. The van der Waals surface area contributed by atoms with Crippen molar-refractivity contribution < 1.29 is 5.11 Å². The summed E-state index contributed by atoms with van der Waals surface area (Å²) in [7, 11) is 0. The highest BCUT2D eigenvalue weighted by Crippen LogP contribution is 2.12. The maximum atomic E-state index is 8.86. The lowest BCUT2D eigenvalue weighted by atomic mass is 9.95. The quantitative estimate of drug-likeness (QED) is 0.639. The maximum absolute atomic E-state index is 8.86. The molecule has 0 heterocycles. The van der Waals surface area contributed by atoms with E-state index < -0.39 is 0 Å². The molecule has 2 atom stereocenters. The van der Waals surface area contributed by atoms with Crippen LogP contribution in [0.4, 0.5) is 0 Å². The summed E-state index contributed by atoms with van der Waals surface area (Å²) >= 11 is 0. The van der Waals surface area contributed by atoms with Crippen molar-refractivity contribution >= 4 is 0 Å². The average molecular weight is 187 g/mol. The van der Waals surface area contributed by atoms with E-state index in [1.165, 1.54) is 12.8 Å². The Morgan fingerprint density at radius 3 is 2.08 bits per heavy atom. The fourth-order valence-corrected chi connectivity index (χ4v) is 1.61. The fourth-order valence-electron chi connectivity index (χ4n) is 1.61. The SMILES string of the molecule is CCC(CC)C(C)NCC(C)CO. The summed E-state index contributed by atoms with van der Waals surface area (Å²) in [5.74, 6) is 1.14. The molecule has 2 N–H and O–H groups in total. The lowest BCUT2D eigenvalue weighted by Crippen LogP contribution is -2.36. The van der Waals surface area contributed by atoms with Crippen molar-refractivity contribution in [2.24, 2.45) is 11.8 Å². The first-order chi connectivity index (χ1) is 6.15. The summed E-state index contributed by atoms with van der Waals surface area (Å²) < 4.78 is 0. The zero-order chi connectivity index (χ0) is 10.3. The Bertz CT molecular complexity index is 113. The van der Waals surface area contributed by atoms with Gasteiger partial charge in [0.25, 0.3) is 0 Å². The number of rotatable bonds is 7. The molecule has 0 spiro atoms. The second-order valence-corrected chi connectivity index (χ2v) is 4.06. The molecule has 0 aromatic carbocycles. The van der Waals surface area contributed by atoms with Gasteiger partial charge in [-0.25, -0.2) is 0 Å². The molecule has 0 saturated carbocycles. The molecule has 0 rings (SSSR count). The highest BCUT2D eigenvalue weighted by Gasteiger charge is 2.13. The first-order valence-electron chi connectivity index (χ1n) is 5.49. The normalized spacial score (nSPS) is 16.2. The second kappa shape index (κ2) is 7.34. The van der Waals surface area contributed by atoms with Crippen LogP contribution in [0.25, 0.3) is 0 Å². The van der Waals surface area contributed by atoms with Crippen molar-refractivity contribution in [2.75, 3.05) is 13.2 Å². The van der Waals surface area contributed by atoms with E-state index in [9.17, 15) is 0 Å². The molecule has 0 fully saturated rings. The number of hydrogen-bond donors (Lipinski definition) is 2. The summed E-state index contributed by atoms with van der Waals surface area (Å²) in [6, 6.07) is 0.573. The molecule has 0 aromatic rings. The minimum atomic E-state index is 0.280. The molecule has 0 aliphatic heterocycles. The molecule has 2 nitrogen and oxygen atoms in total. The van der Waals surface area contributed by atoms with Crippen LogP contribution in [0, 0.1) is 11.8 Å². The van der Waals surface area contributed by atoms with Crippen molar-refractivity contribution in [1.82, 2.24) is 5.32 Å². The molecule has 0 aliphatic rings. The molecular weight excluding hydrogens is 162 g/mol. The summed E-state index contributed by atoms with van der Waals surface area (Å²) in [4.78, 5) is 0. The van der Waals surface area contributed by atoms with Gasteiger partial charge in [-0.2, -0.15) is 0 Å². The summed E-state index contributed by atoms with van der Waals surface area (Å²) in [5, 5.41) is 12.3. The molecular formula is C11H25NO. The smallest absolute Gasteiger partial charge is 0.0468 e. The van der Waals surface area contributed by atoms with Crippen LogP contribution in [0.3, 0.4) is 0 Å². The van der Waals surface area contributed by atoms with Crippen molar-refractivity contribution in [3.63, 3.8) is 0 Å². The minimum Gasteiger partial charge on any atom is -0.396 e. The molecule has 80 valence electrons. The molecule has 0 bridgehead atoms. The van der Waals surface area contributed by atoms with Crippen molar-refractivity contribution in [3.8, 4) is 0 Å². The first-order valence-corrected chi connectivity index (χ1v) is 5.49. The van der Waals surface area contributed by atoms with Gasteiger partial charge in [0.05, 0.1) is 0 Å². The average Bonchev–Trinajstić information content (AvgIpc) is 2.16. The Hall–Kier alpha value is -0.0800. The predicted octanol–water partition coefficient (Wildman–Crippen LogP) is 2.03. The molecule has 0 saturated heterocycles. The van der Waals surface area contributed by atoms with Gasteiger partial charge in [-0.1, -0.05) is 33.6 Å². The summed E-state index contributed by atoms with van der Waals surface area (Å²) in [5.41, 5.74) is 0. The van der Waals surface area contributed by atoms with Gasteiger partial charge in [0.2, 0.25) is 0 Å². The van der Waals surface area contributed by atoms with Gasteiger partial charge in [-0.3, -0.25) is 0 Å². The molecule has 0 aliphatic carbocycles. The topological polar surface area (TPSA) is 32.3 Å². The van der Waals surface area contributed by atoms with Gasteiger partial charge in [-0.15, -0.1) is 0 Å². The molecule has 2 heteroatoms. The monoisotopic (exact) mass is 187 g/mol. The third kappa shape index (κ3) is 5.27. The van der Waals surface area contributed by atoms with E-state index in [-0.39, 0.29) is 6.61 Å². The van der Waals surface area contributed by atoms with E-state index in [4.69, 9.17) is 5.11 Å². The van der Waals surface area contributed by atoms with Gasteiger partial charge >= 0.3 is 0 Å². The zero-order valence-corrected chi connectivity index (χ0v) is 9.51. The van der Waals surface area contributed by atoms with Gasteiger partial charge < -0.3 is 10.4 Å². The number of aliphatic hydroxyl groups is 1. The van der Waals surface area contributed by atoms with Crippen molar-refractivity contribution in [2.45, 2.75) is 46.6 Å². The molecule has 2 unspecified atom stereocenters. The fraction of sp³-hybridized carbons (Fsp3) is 1.00. The summed E-state index contributed by atoms with van der Waals surface area (Å²) in [6.07, 6.45) is 2.47. The maximum Gasteiger partial charge on any atom is 0.0468 e. The van der Waals surface area contributed by atoms with E-state index in [0.717, 1.165) is 12.5 Å². The standard InChI is InChI=1S/C11H25NO/c1-5-11(6-2)10(4)12-7-9(3)8-13/h9-13H,5-8H2,1-4H3. The van der Waals surface area contributed by atoms with Crippen LogP contribution in [-0.4, -0.2) is 24.3 Å². The van der Waals surface area contributed by atoms with E-state index in [0.29, 0.717) is 12.0 Å². The van der Waals surface area contributed by atoms with Gasteiger partial charge in [0.1, 0.15) is 0 Å². The lowest BCUT2D eigenvalue weighted by molar-refractivity contribution is 0.224. The van der Waals surface area contributed by atoms with Crippen molar-refractivity contribution in [3.05, 3.63) is 0 Å². The van der Waals surface area contributed by atoms with Gasteiger partial charge in [0, 0.05) is 19.2 Å². The van der Waals surface area contributed by atoms with Crippen LogP contribution in [0.15, 0.2) is 0 Å². The van der Waals surface area contributed by atoms with E-state index >= 15 is 0 Å². The minimum absolute atomic E-state index is 0.280. The third-order valence-corrected chi connectivity index (χ3v) is 2.86. The van der Waals surface area contributed by atoms with E-state index in [2.05, 4.69) is 33.0 Å². The van der Waals surface area contributed by atoms with Crippen LogP contribution in [0.5, 0.6) is 0 Å². The number of aliphatic hydroxyl groups excluding tert-OH is 1. The highest BCUT2D eigenvalue weighted by atomic mass is 16.3. The van der Waals surface area contributed by atoms with Crippen LogP contribution in [0.1, 0.15) is 40.5 Å². The molecule has 0 amide bonds. The van der Waals surface area contributed by atoms with E-state index in [1.807, 2.05) is 0 Å². The molecule has 13 heavy (non-hydrogen) atoms. The van der Waals surface area contributed by atoms with Crippen LogP contribution < -0.4 is 5.32 Å². The molecule has 0 radical (unpaired) electrons. The Morgan fingerprint density at radius 2 is 1.69 bits per heavy atom. The first kappa shape index (κ1) is 12.9. The zero-order valence-electron chi connectivity index (χ0n) is 9.51. The van der Waals surface area contributed by atoms with E-state index in [1.54, 1.807) is 0 Å². The number of nitrogens with one attached hydrogen (secondary N) is 1. The Balaban J connectivity index is 3.65. The Labute approximate surface area is 82.7 Å². The third-order valence-electron chi connectivity index (χ3n) is 2.86. The van der Waals surface area contributed by atoms with Crippen LogP contribution in [0.2, 0.25) is 0 Å². The Morgan fingerprint density at radius 1 is 1.15 bits per heavy atom. The summed E-state index contributed by atoms with van der Waals surface area (Å²) in [6.45, 7) is 9.98.